The van der Waals surface area contributed by atoms with Gasteiger partial charge in [0.25, 0.3) is 0 Å². The summed E-state index contributed by atoms with van der Waals surface area (Å²) < 4.78 is 0. The Balaban J connectivity index is 1.52. The average Bonchev–Trinajstić information content (AvgIpc) is 2.98. The third kappa shape index (κ3) is 5.04. The van der Waals surface area contributed by atoms with Crippen LogP contribution in [0, 0.1) is 5.92 Å². The standard InChI is InChI=1S/C19H25Cl2N3O2/c20-15-6-7-17(16(21)13-15)22-19(26)24-9-3-8-23(10-11-24)18(25)12-14-4-1-2-5-14/h6-7,13-14H,1-5,8-12H2,(H,22,26). The molecule has 7 heteroatoms. The molecule has 142 valence electrons. The topological polar surface area (TPSA) is 52.7 Å². The molecule has 0 radical (unpaired) electrons. The van der Waals surface area contributed by atoms with E-state index in [9.17, 15) is 9.59 Å². The van der Waals surface area contributed by atoms with Crippen LogP contribution in [0.4, 0.5) is 10.5 Å². The van der Waals surface area contributed by atoms with Gasteiger partial charge in [-0.15, -0.1) is 0 Å². The first-order valence-electron chi connectivity index (χ1n) is 9.31. The van der Waals surface area contributed by atoms with Crippen LogP contribution in [0.1, 0.15) is 38.5 Å². The molecule has 1 N–H and O–H groups in total. The van der Waals surface area contributed by atoms with Crippen LogP contribution in [-0.2, 0) is 4.79 Å². The number of carbonyl (C=O) groups is 2. The SMILES string of the molecule is O=C(CC1CCCC1)N1CCCN(C(=O)Nc2ccc(Cl)cc2Cl)CC1. The van der Waals surface area contributed by atoms with Crippen molar-refractivity contribution in [2.45, 2.75) is 38.5 Å². The van der Waals surface area contributed by atoms with E-state index in [-0.39, 0.29) is 11.9 Å². The van der Waals surface area contributed by atoms with Crippen molar-refractivity contribution in [2.75, 3.05) is 31.5 Å². The summed E-state index contributed by atoms with van der Waals surface area (Å²) in [5.41, 5.74) is 0.541. The number of benzene rings is 1. The number of carbonyl (C=O) groups excluding carboxylic acids is 2. The quantitative estimate of drug-likeness (QED) is 0.807. The van der Waals surface area contributed by atoms with Crippen LogP contribution < -0.4 is 5.32 Å². The van der Waals surface area contributed by atoms with E-state index in [1.165, 1.54) is 25.7 Å². The molecular weight excluding hydrogens is 373 g/mol. The molecule has 1 saturated heterocycles. The molecule has 1 saturated carbocycles. The van der Waals surface area contributed by atoms with Crippen molar-refractivity contribution in [3.63, 3.8) is 0 Å². The van der Waals surface area contributed by atoms with Gasteiger partial charge in [-0.1, -0.05) is 36.0 Å². The highest BCUT2D eigenvalue weighted by molar-refractivity contribution is 6.36. The van der Waals surface area contributed by atoms with Crippen LogP contribution >= 0.6 is 23.2 Å². The fourth-order valence-electron chi connectivity index (χ4n) is 3.75. The zero-order valence-electron chi connectivity index (χ0n) is 14.8. The van der Waals surface area contributed by atoms with E-state index in [0.717, 1.165) is 13.0 Å². The van der Waals surface area contributed by atoms with Crippen molar-refractivity contribution < 1.29 is 9.59 Å². The monoisotopic (exact) mass is 397 g/mol. The fourth-order valence-corrected chi connectivity index (χ4v) is 4.20. The van der Waals surface area contributed by atoms with Crippen LogP contribution in [0.25, 0.3) is 0 Å². The second-order valence-electron chi connectivity index (χ2n) is 7.13. The molecule has 3 amide bonds. The van der Waals surface area contributed by atoms with Crippen molar-refractivity contribution in [2.24, 2.45) is 5.92 Å². The highest BCUT2D eigenvalue weighted by Crippen LogP contribution is 2.28. The van der Waals surface area contributed by atoms with Crippen molar-refractivity contribution in [3.05, 3.63) is 28.2 Å². The molecule has 1 aliphatic heterocycles. The summed E-state index contributed by atoms with van der Waals surface area (Å²) in [5, 5.41) is 3.77. The van der Waals surface area contributed by atoms with E-state index in [1.54, 1.807) is 23.1 Å². The molecule has 0 spiro atoms. The average molecular weight is 398 g/mol. The van der Waals surface area contributed by atoms with Gasteiger partial charge < -0.3 is 15.1 Å². The van der Waals surface area contributed by atoms with Gasteiger partial charge in [-0.05, 0) is 43.4 Å². The van der Waals surface area contributed by atoms with Crippen LogP contribution in [0.3, 0.4) is 0 Å². The van der Waals surface area contributed by atoms with E-state index in [0.29, 0.717) is 47.7 Å². The summed E-state index contributed by atoms with van der Waals surface area (Å²) in [4.78, 5) is 28.7. The Kier molecular flexibility index (Phi) is 6.65. The molecule has 1 aliphatic carbocycles. The number of urea groups is 1. The molecule has 1 aromatic carbocycles. The Morgan fingerprint density at radius 1 is 1.00 bits per heavy atom. The minimum Gasteiger partial charge on any atom is -0.341 e. The lowest BCUT2D eigenvalue weighted by atomic mass is 10.0. The van der Waals surface area contributed by atoms with Gasteiger partial charge in [-0.2, -0.15) is 0 Å². The fraction of sp³-hybridized carbons (Fsp3) is 0.579. The first kappa shape index (κ1) is 19.3. The number of hydrogen-bond acceptors (Lipinski definition) is 2. The van der Waals surface area contributed by atoms with Crippen LogP contribution in [0.5, 0.6) is 0 Å². The number of anilines is 1. The predicted octanol–water partition coefficient (Wildman–Crippen LogP) is 4.64. The Hall–Kier alpha value is -1.46. The molecule has 26 heavy (non-hydrogen) atoms. The van der Waals surface area contributed by atoms with Gasteiger partial charge in [0.1, 0.15) is 0 Å². The van der Waals surface area contributed by atoms with E-state index in [2.05, 4.69) is 5.32 Å². The zero-order valence-corrected chi connectivity index (χ0v) is 16.4. The highest BCUT2D eigenvalue weighted by atomic mass is 35.5. The number of nitrogens with zero attached hydrogens (tertiary/aromatic N) is 2. The first-order valence-corrected chi connectivity index (χ1v) is 10.1. The van der Waals surface area contributed by atoms with E-state index in [4.69, 9.17) is 23.2 Å². The smallest absolute Gasteiger partial charge is 0.321 e. The maximum atomic E-state index is 12.5. The normalized spacial score (nSPS) is 18.7. The third-order valence-corrected chi connectivity index (χ3v) is 5.79. The van der Waals surface area contributed by atoms with Crippen molar-refractivity contribution in [3.8, 4) is 0 Å². The molecular formula is C19H25Cl2N3O2. The van der Waals surface area contributed by atoms with Gasteiger partial charge in [0.05, 0.1) is 10.7 Å². The third-order valence-electron chi connectivity index (χ3n) is 5.25. The van der Waals surface area contributed by atoms with Crippen LogP contribution in [-0.4, -0.2) is 47.9 Å². The summed E-state index contributed by atoms with van der Waals surface area (Å²) in [5.74, 6) is 0.789. The van der Waals surface area contributed by atoms with E-state index in [1.807, 2.05) is 4.90 Å². The van der Waals surface area contributed by atoms with Crippen LogP contribution in [0.15, 0.2) is 18.2 Å². The predicted molar refractivity (Wildman–Crippen MR) is 105 cm³/mol. The van der Waals surface area contributed by atoms with Crippen molar-refractivity contribution in [1.82, 2.24) is 9.80 Å². The molecule has 5 nitrogen and oxygen atoms in total. The summed E-state index contributed by atoms with van der Waals surface area (Å²) in [7, 11) is 0. The second kappa shape index (κ2) is 8.96. The zero-order chi connectivity index (χ0) is 18.5. The molecule has 1 heterocycles. The molecule has 3 rings (SSSR count). The number of nitrogens with one attached hydrogen (secondary N) is 1. The van der Waals surface area contributed by atoms with Gasteiger partial charge >= 0.3 is 6.03 Å². The molecule has 2 fully saturated rings. The number of halogens is 2. The van der Waals surface area contributed by atoms with Crippen molar-refractivity contribution >= 4 is 40.8 Å². The summed E-state index contributed by atoms with van der Waals surface area (Å²) in [6.45, 7) is 2.47. The molecule has 0 bridgehead atoms. The highest BCUT2D eigenvalue weighted by Gasteiger charge is 2.25. The summed E-state index contributed by atoms with van der Waals surface area (Å²) in [6.07, 6.45) is 6.30. The minimum atomic E-state index is -0.195. The molecule has 1 aromatic rings. The van der Waals surface area contributed by atoms with Gasteiger partial charge in [-0.3, -0.25) is 4.79 Å². The van der Waals surface area contributed by atoms with Gasteiger partial charge in [-0.25, -0.2) is 4.79 Å². The van der Waals surface area contributed by atoms with Gasteiger partial charge in [0.2, 0.25) is 5.91 Å². The minimum absolute atomic E-state index is 0.195. The number of amides is 3. The van der Waals surface area contributed by atoms with E-state index < -0.39 is 0 Å². The van der Waals surface area contributed by atoms with Gasteiger partial charge in [0, 0.05) is 37.6 Å². The second-order valence-corrected chi connectivity index (χ2v) is 7.97. The first-order chi connectivity index (χ1) is 12.5. The Morgan fingerprint density at radius 3 is 2.42 bits per heavy atom. The maximum Gasteiger partial charge on any atom is 0.321 e. The lowest BCUT2D eigenvalue weighted by Crippen LogP contribution is -2.39. The lowest BCUT2D eigenvalue weighted by Gasteiger charge is -2.23. The molecule has 2 aliphatic rings. The van der Waals surface area contributed by atoms with Crippen LogP contribution in [0.2, 0.25) is 10.0 Å². The number of hydrogen-bond donors (Lipinski definition) is 1. The van der Waals surface area contributed by atoms with Gasteiger partial charge in [0.15, 0.2) is 0 Å². The maximum absolute atomic E-state index is 12.5. The Bertz CT molecular complexity index is 662. The molecule has 0 unspecified atom stereocenters. The number of rotatable bonds is 3. The summed E-state index contributed by atoms with van der Waals surface area (Å²) in [6, 6.07) is 4.79. The Morgan fingerprint density at radius 2 is 1.69 bits per heavy atom. The largest absolute Gasteiger partial charge is 0.341 e. The lowest BCUT2D eigenvalue weighted by molar-refractivity contribution is -0.132. The molecule has 0 aromatic heterocycles. The summed E-state index contributed by atoms with van der Waals surface area (Å²) >= 11 is 12.0. The Labute approximate surface area is 164 Å². The molecule has 0 atom stereocenters. The van der Waals surface area contributed by atoms with Crippen molar-refractivity contribution in [1.29, 1.82) is 0 Å². The van der Waals surface area contributed by atoms with E-state index >= 15 is 0 Å².